The molecule has 0 aliphatic carbocycles. The first kappa shape index (κ1) is 11.5. The van der Waals surface area contributed by atoms with Crippen LogP contribution in [0.15, 0.2) is 35.9 Å². The van der Waals surface area contributed by atoms with E-state index < -0.39 is 0 Å². The molecule has 3 nitrogen and oxygen atoms in total. The second-order valence-corrected chi connectivity index (χ2v) is 4.38. The zero-order valence-corrected chi connectivity index (χ0v) is 10.1. The van der Waals surface area contributed by atoms with E-state index in [2.05, 4.69) is 30.2 Å². The van der Waals surface area contributed by atoms with E-state index in [0.717, 1.165) is 23.5 Å². The van der Waals surface area contributed by atoms with Gasteiger partial charge in [0.15, 0.2) is 0 Å². The zero-order chi connectivity index (χ0) is 12.4. The van der Waals surface area contributed by atoms with Gasteiger partial charge in [0.1, 0.15) is 0 Å². The second kappa shape index (κ2) is 4.45. The van der Waals surface area contributed by atoms with Crippen molar-refractivity contribution < 1.29 is 4.79 Å². The Labute approximate surface area is 101 Å². The predicted octanol–water partition coefficient (Wildman–Crippen LogP) is 3.03. The lowest BCUT2D eigenvalue weighted by molar-refractivity contribution is -0.112. The molecule has 88 valence electrons. The molecule has 0 saturated carbocycles. The number of benzene rings is 1. The highest BCUT2D eigenvalue weighted by atomic mass is 16.1. The highest BCUT2D eigenvalue weighted by Gasteiger charge is 2.09. The lowest BCUT2D eigenvalue weighted by Gasteiger charge is -2.17. The Balaban J connectivity index is 2.25. The Morgan fingerprint density at radius 3 is 2.94 bits per heavy atom. The van der Waals surface area contributed by atoms with Gasteiger partial charge < -0.3 is 10.6 Å². The minimum absolute atomic E-state index is 0.144. The molecule has 17 heavy (non-hydrogen) atoms. The highest BCUT2D eigenvalue weighted by Crippen LogP contribution is 2.26. The van der Waals surface area contributed by atoms with Crippen LogP contribution in [0.1, 0.15) is 19.4 Å². The van der Waals surface area contributed by atoms with Gasteiger partial charge in [0, 0.05) is 23.5 Å². The van der Waals surface area contributed by atoms with Gasteiger partial charge >= 0.3 is 0 Å². The third-order valence-corrected chi connectivity index (χ3v) is 2.66. The third-order valence-electron chi connectivity index (χ3n) is 2.66. The van der Waals surface area contributed by atoms with Crippen LogP contribution in [0, 0.1) is 0 Å². The number of nitrogens with one attached hydrogen (secondary N) is 2. The third kappa shape index (κ3) is 2.56. The molecule has 0 unspecified atom stereocenters. The number of fused-ring (bicyclic) bond motifs is 1. The van der Waals surface area contributed by atoms with Crippen LogP contribution in [-0.4, -0.2) is 12.5 Å². The van der Waals surface area contributed by atoms with Crippen LogP contribution in [-0.2, 0) is 4.79 Å². The molecule has 0 bridgehead atoms. The second-order valence-electron chi connectivity index (χ2n) is 4.38. The van der Waals surface area contributed by atoms with E-state index in [0.29, 0.717) is 5.57 Å². The maximum absolute atomic E-state index is 11.5. The Morgan fingerprint density at radius 2 is 2.24 bits per heavy atom. The molecule has 1 amide bonds. The SMILES string of the molecule is C=C(C)C(=O)Nc1ccc2c(c1)C=C(C)CN2. The average molecular weight is 228 g/mol. The molecule has 3 heteroatoms. The van der Waals surface area contributed by atoms with Crippen molar-refractivity contribution >= 4 is 23.4 Å². The number of rotatable bonds is 2. The van der Waals surface area contributed by atoms with Gasteiger partial charge in [0.2, 0.25) is 0 Å². The van der Waals surface area contributed by atoms with Gasteiger partial charge in [-0.25, -0.2) is 0 Å². The quantitative estimate of drug-likeness (QED) is 0.764. The maximum Gasteiger partial charge on any atom is 0.250 e. The van der Waals surface area contributed by atoms with E-state index in [1.807, 2.05) is 18.2 Å². The van der Waals surface area contributed by atoms with Crippen molar-refractivity contribution in [1.82, 2.24) is 0 Å². The lowest BCUT2D eigenvalue weighted by atomic mass is 10.0. The fourth-order valence-electron chi connectivity index (χ4n) is 1.71. The van der Waals surface area contributed by atoms with Crippen molar-refractivity contribution in [3.8, 4) is 0 Å². The molecule has 1 heterocycles. The number of carbonyl (C=O) groups is 1. The summed E-state index contributed by atoms with van der Waals surface area (Å²) < 4.78 is 0. The summed E-state index contributed by atoms with van der Waals surface area (Å²) in [6.07, 6.45) is 2.13. The average Bonchev–Trinajstić information content (AvgIpc) is 2.28. The van der Waals surface area contributed by atoms with Gasteiger partial charge in [-0.1, -0.05) is 18.2 Å². The molecule has 1 aliphatic heterocycles. The Morgan fingerprint density at radius 1 is 1.47 bits per heavy atom. The topological polar surface area (TPSA) is 41.1 Å². The van der Waals surface area contributed by atoms with Crippen molar-refractivity contribution in [2.45, 2.75) is 13.8 Å². The zero-order valence-electron chi connectivity index (χ0n) is 10.1. The van der Waals surface area contributed by atoms with Crippen LogP contribution < -0.4 is 10.6 Å². The number of amides is 1. The van der Waals surface area contributed by atoms with Crippen LogP contribution in [0.5, 0.6) is 0 Å². The summed E-state index contributed by atoms with van der Waals surface area (Å²) in [5, 5.41) is 6.13. The summed E-state index contributed by atoms with van der Waals surface area (Å²) >= 11 is 0. The first-order valence-electron chi connectivity index (χ1n) is 5.58. The standard InChI is InChI=1S/C14H16N2O/c1-9(2)14(17)16-12-4-5-13-11(7-12)6-10(3)8-15-13/h4-7,15H,1,8H2,2-3H3,(H,16,17). The summed E-state index contributed by atoms with van der Waals surface area (Å²) in [5.41, 5.74) is 4.79. The molecule has 0 saturated heterocycles. The Kier molecular flexibility index (Phi) is 3.00. The number of hydrogen-bond acceptors (Lipinski definition) is 2. The molecule has 0 radical (unpaired) electrons. The maximum atomic E-state index is 11.5. The number of hydrogen-bond donors (Lipinski definition) is 2. The Hall–Kier alpha value is -2.03. The van der Waals surface area contributed by atoms with E-state index in [-0.39, 0.29) is 5.91 Å². The summed E-state index contributed by atoms with van der Waals surface area (Å²) in [5.74, 6) is -0.144. The monoisotopic (exact) mass is 228 g/mol. The highest BCUT2D eigenvalue weighted by molar-refractivity contribution is 6.03. The smallest absolute Gasteiger partial charge is 0.250 e. The van der Waals surface area contributed by atoms with Crippen LogP contribution in [0.2, 0.25) is 0 Å². The fourth-order valence-corrected chi connectivity index (χ4v) is 1.71. The largest absolute Gasteiger partial charge is 0.381 e. The minimum atomic E-state index is -0.144. The molecule has 2 N–H and O–H groups in total. The van der Waals surface area contributed by atoms with Crippen LogP contribution in [0.25, 0.3) is 6.08 Å². The van der Waals surface area contributed by atoms with Crippen molar-refractivity contribution in [1.29, 1.82) is 0 Å². The summed E-state index contributed by atoms with van der Waals surface area (Å²) in [7, 11) is 0. The molecule has 1 aromatic rings. The van der Waals surface area contributed by atoms with Gasteiger partial charge in [-0.3, -0.25) is 4.79 Å². The van der Waals surface area contributed by atoms with E-state index >= 15 is 0 Å². The molecule has 1 aliphatic rings. The summed E-state index contributed by atoms with van der Waals surface area (Å²) in [4.78, 5) is 11.5. The molecule has 0 spiro atoms. The number of anilines is 2. The first-order valence-corrected chi connectivity index (χ1v) is 5.58. The van der Waals surface area contributed by atoms with Crippen molar-refractivity contribution in [3.05, 3.63) is 41.5 Å². The number of carbonyl (C=O) groups excluding carboxylic acids is 1. The normalized spacial score (nSPS) is 13.2. The summed E-state index contributed by atoms with van der Waals surface area (Å²) in [6, 6.07) is 5.83. The van der Waals surface area contributed by atoms with Gasteiger partial charge in [-0.2, -0.15) is 0 Å². The van der Waals surface area contributed by atoms with Crippen molar-refractivity contribution in [2.75, 3.05) is 17.2 Å². The van der Waals surface area contributed by atoms with Gasteiger partial charge in [-0.15, -0.1) is 0 Å². The van der Waals surface area contributed by atoms with Crippen molar-refractivity contribution in [2.24, 2.45) is 0 Å². The molecule has 0 aromatic heterocycles. The predicted molar refractivity (Wildman–Crippen MR) is 72.0 cm³/mol. The summed E-state index contributed by atoms with van der Waals surface area (Å²) in [6.45, 7) is 8.27. The molecular weight excluding hydrogens is 212 g/mol. The molecular formula is C14H16N2O. The first-order chi connectivity index (χ1) is 8.06. The Bertz CT molecular complexity index is 515. The van der Waals surface area contributed by atoms with E-state index in [1.165, 1.54) is 5.57 Å². The lowest BCUT2D eigenvalue weighted by Crippen LogP contribution is -2.13. The van der Waals surface area contributed by atoms with Crippen LogP contribution in [0.4, 0.5) is 11.4 Å². The molecule has 2 rings (SSSR count). The molecule has 1 aromatic carbocycles. The van der Waals surface area contributed by atoms with E-state index in [9.17, 15) is 4.79 Å². The van der Waals surface area contributed by atoms with E-state index in [1.54, 1.807) is 6.92 Å². The van der Waals surface area contributed by atoms with Crippen LogP contribution >= 0.6 is 0 Å². The fraction of sp³-hybridized carbons (Fsp3) is 0.214. The minimum Gasteiger partial charge on any atom is -0.381 e. The molecule has 0 atom stereocenters. The molecule has 0 fully saturated rings. The van der Waals surface area contributed by atoms with Crippen molar-refractivity contribution in [3.63, 3.8) is 0 Å². The van der Waals surface area contributed by atoms with Crippen LogP contribution in [0.3, 0.4) is 0 Å². The van der Waals surface area contributed by atoms with Gasteiger partial charge in [-0.05, 0) is 37.6 Å². The van der Waals surface area contributed by atoms with E-state index in [4.69, 9.17) is 0 Å². The van der Waals surface area contributed by atoms with Gasteiger partial charge in [0.05, 0.1) is 0 Å². The van der Waals surface area contributed by atoms with Gasteiger partial charge in [0.25, 0.3) is 5.91 Å².